The smallest absolute Gasteiger partial charge is 0.249 e. The molecule has 0 aliphatic carbocycles. The standard InChI is InChI=1S/C20H25N5O3/c1-24(2)20-22-11-15(13-6-8-14(9-7-13)19(21)27)18(23-20)16-5-4-10-25(16)17(26)12-28-3/h6-9,11,16H,4-5,10,12H2,1-3H3,(H2,21,27). The number of nitrogens with two attached hydrogens (primary N) is 1. The molecule has 8 heteroatoms. The summed E-state index contributed by atoms with van der Waals surface area (Å²) in [5.41, 5.74) is 8.29. The molecule has 1 aliphatic heterocycles. The van der Waals surface area contributed by atoms with Gasteiger partial charge in [-0.1, -0.05) is 12.1 Å². The Kier molecular flexibility index (Phi) is 5.89. The molecule has 1 aromatic heterocycles. The van der Waals surface area contributed by atoms with Crippen LogP contribution in [0.1, 0.15) is 34.9 Å². The zero-order chi connectivity index (χ0) is 20.3. The van der Waals surface area contributed by atoms with Crippen LogP contribution in [0.2, 0.25) is 0 Å². The van der Waals surface area contributed by atoms with Crippen molar-refractivity contribution in [3.05, 3.63) is 41.7 Å². The number of primary amides is 1. The lowest BCUT2D eigenvalue weighted by molar-refractivity contribution is -0.136. The number of hydrogen-bond donors (Lipinski definition) is 1. The van der Waals surface area contributed by atoms with Crippen LogP contribution in [0.3, 0.4) is 0 Å². The first-order valence-corrected chi connectivity index (χ1v) is 9.15. The number of anilines is 1. The van der Waals surface area contributed by atoms with Crippen LogP contribution in [0.5, 0.6) is 0 Å². The van der Waals surface area contributed by atoms with E-state index in [2.05, 4.69) is 4.98 Å². The van der Waals surface area contributed by atoms with Crippen molar-refractivity contribution in [1.29, 1.82) is 0 Å². The average Bonchev–Trinajstić information content (AvgIpc) is 3.17. The van der Waals surface area contributed by atoms with Gasteiger partial charge in [0.05, 0.1) is 11.7 Å². The van der Waals surface area contributed by atoms with Gasteiger partial charge in [0, 0.05) is 45.1 Å². The summed E-state index contributed by atoms with van der Waals surface area (Å²) in [6, 6.07) is 6.88. The van der Waals surface area contributed by atoms with Crippen molar-refractivity contribution < 1.29 is 14.3 Å². The minimum Gasteiger partial charge on any atom is -0.375 e. The fraction of sp³-hybridized carbons (Fsp3) is 0.400. The van der Waals surface area contributed by atoms with E-state index in [0.717, 1.165) is 29.7 Å². The van der Waals surface area contributed by atoms with Crippen molar-refractivity contribution in [1.82, 2.24) is 14.9 Å². The summed E-state index contributed by atoms with van der Waals surface area (Å²) >= 11 is 0. The van der Waals surface area contributed by atoms with Gasteiger partial charge in [0.25, 0.3) is 0 Å². The number of carbonyl (C=O) groups is 2. The molecule has 2 aromatic rings. The Labute approximate surface area is 164 Å². The molecule has 2 heterocycles. The Morgan fingerprint density at radius 1 is 1.29 bits per heavy atom. The highest BCUT2D eigenvalue weighted by Gasteiger charge is 2.33. The Morgan fingerprint density at radius 2 is 2.00 bits per heavy atom. The van der Waals surface area contributed by atoms with Crippen LogP contribution in [0.25, 0.3) is 11.1 Å². The summed E-state index contributed by atoms with van der Waals surface area (Å²) in [6.07, 6.45) is 3.50. The van der Waals surface area contributed by atoms with E-state index in [-0.39, 0.29) is 18.6 Å². The van der Waals surface area contributed by atoms with E-state index in [9.17, 15) is 9.59 Å². The molecule has 148 valence electrons. The van der Waals surface area contributed by atoms with Crippen molar-refractivity contribution in [2.45, 2.75) is 18.9 Å². The number of hydrogen-bond acceptors (Lipinski definition) is 6. The fourth-order valence-corrected chi connectivity index (χ4v) is 3.45. The second-order valence-electron chi connectivity index (χ2n) is 6.98. The molecule has 28 heavy (non-hydrogen) atoms. The zero-order valence-electron chi connectivity index (χ0n) is 16.4. The number of rotatable bonds is 6. The third-order valence-corrected chi connectivity index (χ3v) is 4.84. The molecule has 0 radical (unpaired) electrons. The third kappa shape index (κ3) is 3.96. The summed E-state index contributed by atoms with van der Waals surface area (Å²) in [5.74, 6) is 0.0571. The number of benzene rings is 1. The minimum absolute atomic E-state index is 0.0464. The van der Waals surface area contributed by atoms with Gasteiger partial charge in [0.15, 0.2) is 0 Å². The Hall–Kier alpha value is -3.00. The fourth-order valence-electron chi connectivity index (χ4n) is 3.45. The number of ether oxygens (including phenoxy) is 1. The second-order valence-corrected chi connectivity index (χ2v) is 6.98. The van der Waals surface area contributed by atoms with Crippen molar-refractivity contribution in [2.24, 2.45) is 5.73 Å². The van der Waals surface area contributed by atoms with Gasteiger partial charge in [-0.25, -0.2) is 9.97 Å². The van der Waals surface area contributed by atoms with Crippen LogP contribution in [0.4, 0.5) is 5.95 Å². The van der Waals surface area contributed by atoms with Gasteiger partial charge >= 0.3 is 0 Å². The van der Waals surface area contributed by atoms with Gasteiger partial charge in [-0.2, -0.15) is 0 Å². The molecule has 1 fully saturated rings. The quantitative estimate of drug-likeness (QED) is 0.813. The van der Waals surface area contributed by atoms with Crippen LogP contribution in [0.15, 0.2) is 30.5 Å². The summed E-state index contributed by atoms with van der Waals surface area (Å²) < 4.78 is 5.04. The van der Waals surface area contributed by atoms with Crippen LogP contribution >= 0.6 is 0 Å². The van der Waals surface area contributed by atoms with Crippen LogP contribution in [-0.2, 0) is 9.53 Å². The Balaban J connectivity index is 2.06. The molecular formula is C20H25N5O3. The molecule has 1 unspecified atom stereocenters. The van der Waals surface area contributed by atoms with Crippen molar-refractivity contribution in [2.75, 3.05) is 39.3 Å². The lowest BCUT2D eigenvalue weighted by Gasteiger charge is -2.26. The van der Waals surface area contributed by atoms with Gasteiger partial charge in [-0.05, 0) is 30.5 Å². The van der Waals surface area contributed by atoms with Crippen molar-refractivity contribution >= 4 is 17.8 Å². The van der Waals surface area contributed by atoms with Gasteiger partial charge in [0.1, 0.15) is 6.61 Å². The lowest BCUT2D eigenvalue weighted by atomic mass is 9.98. The van der Waals surface area contributed by atoms with Gasteiger partial charge in [-0.15, -0.1) is 0 Å². The van der Waals surface area contributed by atoms with Gasteiger partial charge < -0.3 is 20.3 Å². The van der Waals surface area contributed by atoms with E-state index in [1.165, 1.54) is 7.11 Å². The predicted molar refractivity (Wildman–Crippen MR) is 106 cm³/mol. The summed E-state index contributed by atoms with van der Waals surface area (Å²) in [5, 5.41) is 0. The number of methoxy groups -OCH3 is 1. The van der Waals surface area contributed by atoms with Gasteiger partial charge in [-0.3, -0.25) is 9.59 Å². The molecule has 1 saturated heterocycles. The van der Waals surface area contributed by atoms with Crippen molar-refractivity contribution in [3.63, 3.8) is 0 Å². The van der Waals surface area contributed by atoms with Crippen LogP contribution < -0.4 is 10.6 Å². The molecule has 2 N–H and O–H groups in total. The maximum atomic E-state index is 12.5. The summed E-state index contributed by atoms with van der Waals surface area (Å²) in [7, 11) is 5.27. The third-order valence-electron chi connectivity index (χ3n) is 4.84. The summed E-state index contributed by atoms with van der Waals surface area (Å²) in [4.78, 5) is 36.7. The Bertz CT molecular complexity index is 867. The maximum absolute atomic E-state index is 12.5. The van der Waals surface area contributed by atoms with E-state index in [0.29, 0.717) is 18.1 Å². The van der Waals surface area contributed by atoms with E-state index < -0.39 is 5.91 Å². The molecule has 8 nitrogen and oxygen atoms in total. The largest absolute Gasteiger partial charge is 0.375 e. The maximum Gasteiger partial charge on any atom is 0.249 e. The highest BCUT2D eigenvalue weighted by molar-refractivity contribution is 5.93. The molecule has 0 bridgehead atoms. The number of aromatic nitrogens is 2. The van der Waals surface area contributed by atoms with Crippen LogP contribution in [-0.4, -0.2) is 61.0 Å². The number of likely N-dealkylation sites (tertiary alicyclic amines) is 1. The molecule has 1 aromatic carbocycles. The van der Waals surface area contributed by atoms with Crippen molar-refractivity contribution in [3.8, 4) is 11.1 Å². The number of nitrogens with zero attached hydrogens (tertiary/aromatic N) is 4. The molecule has 1 atom stereocenters. The number of carbonyl (C=O) groups excluding carboxylic acids is 2. The minimum atomic E-state index is -0.474. The monoisotopic (exact) mass is 383 g/mol. The zero-order valence-corrected chi connectivity index (χ0v) is 16.4. The van der Waals surface area contributed by atoms with E-state index in [1.807, 2.05) is 36.0 Å². The first-order chi connectivity index (χ1) is 13.4. The normalized spacial score (nSPS) is 16.2. The highest BCUT2D eigenvalue weighted by Crippen LogP contribution is 2.37. The lowest BCUT2D eigenvalue weighted by Crippen LogP contribution is -2.34. The van der Waals surface area contributed by atoms with E-state index >= 15 is 0 Å². The predicted octanol–water partition coefficient (Wildman–Crippen LogP) is 1.62. The topological polar surface area (TPSA) is 102 Å². The molecular weight excluding hydrogens is 358 g/mol. The number of amides is 2. The SMILES string of the molecule is COCC(=O)N1CCCC1c1nc(N(C)C)ncc1-c1ccc(C(N)=O)cc1. The van der Waals surface area contributed by atoms with Gasteiger partial charge in [0.2, 0.25) is 17.8 Å². The first-order valence-electron chi connectivity index (χ1n) is 9.15. The first kappa shape index (κ1) is 19.8. The molecule has 3 rings (SSSR count). The summed E-state index contributed by atoms with van der Waals surface area (Å²) in [6.45, 7) is 0.721. The van der Waals surface area contributed by atoms with Crippen LogP contribution in [0, 0.1) is 0 Å². The second kappa shape index (κ2) is 8.35. The van der Waals surface area contributed by atoms with E-state index in [4.69, 9.17) is 15.5 Å². The average molecular weight is 383 g/mol. The highest BCUT2D eigenvalue weighted by atomic mass is 16.5. The molecule has 0 spiro atoms. The molecule has 2 amide bonds. The molecule has 0 saturated carbocycles. The Morgan fingerprint density at radius 3 is 2.61 bits per heavy atom. The molecule has 1 aliphatic rings. The van der Waals surface area contributed by atoms with E-state index in [1.54, 1.807) is 18.3 Å².